The van der Waals surface area contributed by atoms with E-state index in [4.69, 9.17) is 30.2 Å². The van der Waals surface area contributed by atoms with Crippen LogP contribution in [-0.4, -0.2) is 82.2 Å². The molecule has 6 rings (SSSR count). The summed E-state index contributed by atoms with van der Waals surface area (Å²) in [6.07, 6.45) is 0.422. The van der Waals surface area contributed by atoms with Crippen molar-refractivity contribution in [3.8, 4) is 28.4 Å². The summed E-state index contributed by atoms with van der Waals surface area (Å²) < 4.78 is 24.2. The number of para-hydroxylation sites is 1. The number of nitrogens with zero attached hydrogens (tertiary/aromatic N) is 1. The molecule has 0 bridgehead atoms. The molecule has 2 aliphatic heterocycles. The number of phenolic OH excluding ortho intramolecular Hbond substituents is 1. The van der Waals surface area contributed by atoms with Gasteiger partial charge in [0.15, 0.2) is 20.7 Å². The van der Waals surface area contributed by atoms with Crippen molar-refractivity contribution < 1.29 is 38.1 Å². The average molecular weight is 859 g/mol. The molecule has 0 aromatic heterocycles. The number of aromatic hydroxyl groups is 1. The summed E-state index contributed by atoms with van der Waals surface area (Å²) in [4.78, 5) is 40.3. The molecule has 1 fully saturated rings. The molecule has 4 aromatic rings. The molecule has 2 aliphatic rings. The summed E-state index contributed by atoms with van der Waals surface area (Å²) in [6, 6.07) is 24.3. The fourth-order valence-corrected chi connectivity index (χ4v) is 8.52. The minimum absolute atomic E-state index is 0.0807. The number of hydrogen-bond donors (Lipinski definition) is 5. The molecule has 5 N–H and O–H groups in total. The topological polar surface area (TPSA) is 160 Å². The van der Waals surface area contributed by atoms with Gasteiger partial charge >= 0.3 is 6.09 Å². The summed E-state index contributed by atoms with van der Waals surface area (Å²) in [5.41, 5.74) is 4.79. The first-order valence-electron chi connectivity index (χ1n) is 20.3. The number of fused-ring (bicyclic) bond motifs is 1. The number of amides is 3. The highest BCUT2D eigenvalue weighted by Crippen LogP contribution is 2.46. The number of likely N-dealkylation sites (tertiary alicyclic amines) is 1. The van der Waals surface area contributed by atoms with Crippen LogP contribution in [0.15, 0.2) is 78.9 Å². The number of benzene rings is 4. The second-order valence-electron chi connectivity index (χ2n) is 16.6. The zero-order valence-corrected chi connectivity index (χ0v) is 36.9. The van der Waals surface area contributed by atoms with E-state index in [9.17, 15) is 19.5 Å². The number of piperidine rings is 1. The molecule has 0 radical (unpaired) electrons. The fraction of sp³-hybridized carbons (Fsp3) is 0.400. The summed E-state index contributed by atoms with van der Waals surface area (Å²) in [5.74, 6) is 0.336. The maximum Gasteiger partial charge on any atom is 0.411 e. The summed E-state index contributed by atoms with van der Waals surface area (Å²) in [7, 11) is -0.741. The second kappa shape index (κ2) is 19.5. The third kappa shape index (κ3) is 11.2. The third-order valence-corrected chi connectivity index (χ3v) is 16.2. The van der Waals surface area contributed by atoms with Gasteiger partial charge in [0.05, 0.1) is 29.6 Å². The zero-order valence-electron chi connectivity index (χ0n) is 35.2. The van der Waals surface area contributed by atoms with Gasteiger partial charge in [0, 0.05) is 61.9 Å². The first-order chi connectivity index (χ1) is 28.6. The van der Waals surface area contributed by atoms with Crippen molar-refractivity contribution in [2.45, 2.75) is 76.9 Å². The maximum atomic E-state index is 13.1. The molecule has 0 saturated carbocycles. The van der Waals surface area contributed by atoms with E-state index in [-0.39, 0.29) is 47.4 Å². The predicted molar refractivity (Wildman–Crippen MR) is 238 cm³/mol. The minimum Gasteiger partial charge on any atom is -0.506 e. The number of phenols is 1. The van der Waals surface area contributed by atoms with Gasteiger partial charge in [0.1, 0.15) is 23.3 Å². The Bertz CT molecular complexity index is 2160. The molecular weight excluding hydrogens is 802 g/mol. The third-order valence-electron chi connectivity index (χ3n) is 11.4. The van der Waals surface area contributed by atoms with Crippen LogP contribution in [0.25, 0.3) is 11.1 Å². The van der Waals surface area contributed by atoms with Crippen molar-refractivity contribution in [1.82, 2.24) is 10.2 Å². The van der Waals surface area contributed by atoms with E-state index >= 15 is 0 Å². The lowest BCUT2D eigenvalue weighted by Gasteiger charge is -2.40. The van der Waals surface area contributed by atoms with Gasteiger partial charge in [0.25, 0.3) is 5.91 Å². The van der Waals surface area contributed by atoms with Gasteiger partial charge in [0.2, 0.25) is 5.91 Å². The highest BCUT2D eigenvalue weighted by Gasteiger charge is 2.40. The van der Waals surface area contributed by atoms with Gasteiger partial charge < -0.3 is 44.6 Å². The Morgan fingerprint density at radius 1 is 1.00 bits per heavy atom. The van der Waals surface area contributed by atoms with Crippen LogP contribution < -0.4 is 30.7 Å². The Morgan fingerprint density at radius 3 is 2.43 bits per heavy atom. The van der Waals surface area contributed by atoms with Crippen LogP contribution in [-0.2, 0) is 25.3 Å². The molecule has 0 spiro atoms. The quantitative estimate of drug-likeness (QED) is 0.0577. The number of anilines is 3. The van der Waals surface area contributed by atoms with Crippen molar-refractivity contribution in [2.75, 3.05) is 55.8 Å². The molecular formula is C45H56ClN5O8Si. The maximum absolute atomic E-state index is 13.1. The van der Waals surface area contributed by atoms with Gasteiger partial charge in [-0.2, -0.15) is 0 Å². The Labute approximate surface area is 358 Å². The smallest absolute Gasteiger partial charge is 0.411 e. The van der Waals surface area contributed by atoms with Crippen molar-refractivity contribution in [3.05, 3.63) is 95.0 Å². The average Bonchev–Trinajstić information content (AvgIpc) is 3.21. The lowest BCUT2D eigenvalue weighted by molar-refractivity contribution is -0.119. The molecule has 2 heterocycles. The van der Waals surface area contributed by atoms with Gasteiger partial charge in [-0.15, -0.1) is 0 Å². The largest absolute Gasteiger partial charge is 0.506 e. The Hall–Kier alpha value is -5.12. The normalized spacial score (nSPS) is 15.3. The number of carbonyl (C=O) groups excluding carboxylic acids is 3. The van der Waals surface area contributed by atoms with Crippen LogP contribution >= 0.6 is 11.6 Å². The van der Waals surface area contributed by atoms with Crippen LogP contribution in [0, 0.1) is 0 Å². The molecule has 0 unspecified atom stereocenters. The zero-order chi connectivity index (χ0) is 43.0. The number of methoxy groups -OCH3 is 1. The van der Waals surface area contributed by atoms with Crippen LogP contribution in [0.2, 0.25) is 23.2 Å². The van der Waals surface area contributed by atoms with Gasteiger partial charge in [-0.25, -0.2) is 4.79 Å². The molecule has 15 heteroatoms. The lowest BCUT2D eigenvalue weighted by atomic mass is 10.0. The van der Waals surface area contributed by atoms with E-state index in [1.807, 2.05) is 54.6 Å². The Balaban J connectivity index is 0.999. The molecule has 3 amide bonds. The summed E-state index contributed by atoms with van der Waals surface area (Å²) in [6.45, 7) is 13.3. The van der Waals surface area contributed by atoms with Crippen molar-refractivity contribution in [1.29, 1.82) is 0 Å². The van der Waals surface area contributed by atoms with E-state index in [0.717, 1.165) is 16.7 Å². The van der Waals surface area contributed by atoms with Crippen LogP contribution in [0.5, 0.6) is 17.2 Å². The summed E-state index contributed by atoms with van der Waals surface area (Å²) in [5, 5.41) is 22.9. The monoisotopic (exact) mass is 857 g/mol. The van der Waals surface area contributed by atoms with Crippen molar-refractivity contribution in [2.24, 2.45) is 0 Å². The van der Waals surface area contributed by atoms with E-state index in [1.54, 1.807) is 25.3 Å². The van der Waals surface area contributed by atoms with E-state index in [2.05, 4.69) is 60.0 Å². The highest BCUT2D eigenvalue weighted by atomic mass is 35.5. The van der Waals surface area contributed by atoms with Crippen molar-refractivity contribution >= 4 is 54.9 Å². The van der Waals surface area contributed by atoms with Gasteiger partial charge in [-0.05, 0) is 60.8 Å². The molecule has 1 saturated heterocycles. The van der Waals surface area contributed by atoms with Crippen LogP contribution in [0.4, 0.5) is 21.9 Å². The van der Waals surface area contributed by atoms with E-state index < -0.39 is 20.5 Å². The number of ether oxygens (including phenoxy) is 3. The predicted octanol–water partition coefficient (Wildman–Crippen LogP) is 8.95. The number of nitrogens with one attached hydrogen (secondary N) is 4. The second-order valence-corrected chi connectivity index (χ2v) is 21.8. The fourth-order valence-electron chi connectivity index (χ4n) is 7.01. The molecule has 1 atom stereocenters. The first-order valence-corrected chi connectivity index (χ1v) is 23.6. The van der Waals surface area contributed by atoms with Crippen molar-refractivity contribution in [3.63, 3.8) is 0 Å². The number of rotatable bonds is 15. The number of halogens is 1. The molecule has 0 aliphatic carbocycles. The minimum atomic E-state index is -2.31. The number of carbonyl (C=O) groups is 3. The highest BCUT2D eigenvalue weighted by molar-refractivity contribution is 6.74. The van der Waals surface area contributed by atoms with Crippen LogP contribution in [0.1, 0.15) is 57.3 Å². The number of hydrogen-bond acceptors (Lipinski definition) is 10. The van der Waals surface area contributed by atoms with Gasteiger partial charge in [-0.1, -0.05) is 80.9 Å². The molecule has 13 nitrogen and oxygen atoms in total. The molecule has 320 valence electrons. The van der Waals surface area contributed by atoms with E-state index in [1.165, 1.54) is 6.07 Å². The molecule has 60 heavy (non-hydrogen) atoms. The molecule has 4 aromatic carbocycles. The lowest BCUT2D eigenvalue weighted by Crippen LogP contribution is -2.43. The SMILES string of the molecule is COc1cc(NC(=O)CCN2CCC(OC(=O)Nc3ccccc3-c3ccccc3)CC2)c(Cl)cc1CNC[C@H](O[Si](C)(C)C(C)(C)C)c1ccc(O)c2c1OCC(=O)N2. The standard InChI is InChI=1S/C45H56ClN5O8Si/c1-45(2,3)60(5,6)59-39(33-16-17-37(52)42-43(33)57-28-41(54)50-42)27-47-26-30-24-34(46)36(25-38(30)56-4)48-40(53)20-23-51-21-18-31(19-22-51)58-44(55)49-35-15-11-10-14-32(35)29-12-8-7-9-13-29/h7-17,24-25,31,39,47,52H,18-23,26-28H2,1-6H3,(H,48,53)(H,49,55)(H,50,54)/t39-/m0/s1. The Kier molecular flexibility index (Phi) is 14.4. The first kappa shape index (κ1) is 44.4. The van der Waals surface area contributed by atoms with E-state index in [0.29, 0.717) is 79.0 Å². The van der Waals surface area contributed by atoms with Crippen LogP contribution in [0.3, 0.4) is 0 Å². The summed E-state index contributed by atoms with van der Waals surface area (Å²) >= 11 is 6.73. The van der Waals surface area contributed by atoms with Gasteiger partial charge in [-0.3, -0.25) is 14.9 Å². The Morgan fingerprint density at radius 2 is 1.72 bits per heavy atom.